The zero-order valence-corrected chi connectivity index (χ0v) is 11.4. The van der Waals surface area contributed by atoms with E-state index in [1.54, 1.807) is 0 Å². The number of anilines is 1. The van der Waals surface area contributed by atoms with Crippen molar-refractivity contribution in [2.75, 3.05) is 25.4 Å². The van der Waals surface area contributed by atoms with Gasteiger partial charge in [-0.1, -0.05) is 18.2 Å². The van der Waals surface area contributed by atoms with Gasteiger partial charge in [-0.15, -0.1) is 0 Å². The van der Waals surface area contributed by atoms with Crippen molar-refractivity contribution in [3.8, 4) is 0 Å². The number of nitrogens with zero attached hydrogens (tertiary/aromatic N) is 2. The van der Waals surface area contributed by atoms with Crippen LogP contribution in [-0.2, 0) is 16.0 Å². The van der Waals surface area contributed by atoms with Crippen molar-refractivity contribution >= 4 is 17.5 Å². The number of carbonyl (C=O) groups is 2. The number of amides is 2. The van der Waals surface area contributed by atoms with Crippen molar-refractivity contribution in [3.63, 3.8) is 0 Å². The van der Waals surface area contributed by atoms with Crippen molar-refractivity contribution in [1.82, 2.24) is 9.80 Å². The molecule has 2 N–H and O–H groups in total. The lowest BCUT2D eigenvalue weighted by molar-refractivity contribution is -0.138. The van der Waals surface area contributed by atoms with Crippen molar-refractivity contribution in [2.24, 2.45) is 0 Å². The molecule has 0 aliphatic carbocycles. The molecular formula is C15H19N3O2. The standard InChI is InChI=1S/C15H19N3O2/c16-13-4-2-1-3-11(13)9-15(20)17-7-8-18-12(10-17)5-6-14(18)19/h1-4,12H,5-10,16H2. The molecule has 2 saturated heterocycles. The van der Waals surface area contributed by atoms with E-state index in [-0.39, 0.29) is 17.9 Å². The normalized spacial score (nSPS) is 22.0. The van der Waals surface area contributed by atoms with Gasteiger partial charge in [-0.05, 0) is 18.1 Å². The Morgan fingerprint density at radius 3 is 2.90 bits per heavy atom. The van der Waals surface area contributed by atoms with Crippen LogP contribution in [0.3, 0.4) is 0 Å². The highest BCUT2D eigenvalue weighted by Gasteiger charge is 2.36. The van der Waals surface area contributed by atoms with Gasteiger partial charge in [-0.2, -0.15) is 0 Å². The van der Waals surface area contributed by atoms with Crippen LogP contribution in [0.15, 0.2) is 24.3 Å². The van der Waals surface area contributed by atoms with Gasteiger partial charge in [-0.3, -0.25) is 9.59 Å². The maximum absolute atomic E-state index is 12.4. The van der Waals surface area contributed by atoms with E-state index in [0.717, 1.165) is 12.0 Å². The van der Waals surface area contributed by atoms with E-state index in [0.29, 0.717) is 38.2 Å². The molecule has 2 amide bonds. The molecule has 106 valence electrons. The monoisotopic (exact) mass is 273 g/mol. The largest absolute Gasteiger partial charge is 0.398 e. The van der Waals surface area contributed by atoms with E-state index >= 15 is 0 Å². The van der Waals surface area contributed by atoms with Crippen LogP contribution in [0.1, 0.15) is 18.4 Å². The van der Waals surface area contributed by atoms with Crippen LogP contribution < -0.4 is 5.73 Å². The molecule has 3 rings (SSSR count). The molecule has 0 aromatic heterocycles. The maximum Gasteiger partial charge on any atom is 0.227 e. The Hall–Kier alpha value is -2.04. The topological polar surface area (TPSA) is 66.6 Å². The first-order valence-electron chi connectivity index (χ1n) is 7.06. The minimum Gasteiger partial charge on any atom is -0.398 e. The van der Waals surface area contributed by atoms with Crippen molar-refractivity contribution in [1.29, 1.82) is 0 Å². The molecule has 2 heterocycles. The summed E-state index contributed by atoms with van der Waals surface area (Å²) in [5, 5.41) is 0. The minimum atomic E-state index is 0.0990. The van der Waals surface area contributed by atoms with Crippen LogP contribution >= 0.6 is 0 Å². The Bertz CT molecular complexity index is 544. The molecule has 0 bridgehead atoms. The smallest absolute Gasteiger partial charge is 0.227 e. The molecule has 2 aliphatic rings. The average Bonchev–Trinajstić information content (AvgIpc) is 2.82. The van der Waals surface area contributed by atoms with Gasteiger partial charge in [0.1, 0.15) is 0 Å². The summed E-state index contributed by atoms with van der Waals surface area (Å²) in [6.45, 7) is 1.96. The van der Waals surface area contributed by atoms with Gasteiger partial charge in [0.2, 0.25) is 11.8 Å². The van der Waals surface area contributed by atoms with Gasteiger partial charge in [0.15, 0.2) is 0 Å². The van der Waals surface area contributed by atoms with Crippen molar-refractivity contribution < 1.29 is 9.59 Å². The van der Waals surface area contributed by atoms with Crippen molar-refractivity contribution in [3.05, 3.63) is 29.8 Å². The highest BCUT2D eigenvalue weighted by Crippen LogP contribution is 2.23. The van der Waals surface area contributed by atoms with Gasteiger partial charge in [-0.25, -0.2) is 0 Å². The second-order valence-electron chi connectivity index (χ2n) is 5.49. The molecule has 5 heteroatoms. The lowest BCUT2D eigenvalue weighted by atomic mass is 10.1. The quantitative estimate of drug-likeness (QED) is 0.804. The first-order valence-corrected chi connectivity index (χ1v) is 7.06. The minimum absolute atomic E-state index is 0.0990. The van der Waals surface area contributed by atoms with Gasteiger partial charge in [0, 0.05) is 37.8 Å². The molecule has 1 aromatic rings. The second kappa shape index (κ2) is 5.15. The van der Waals surface area contributed by atoms with Gasteiger partial charge in [0.05, 0.1) is 6.42 Å². The predicted octanol–water partition coefficient (Wildman–Crippen LogP) is 0.644. The van der Waals surface area contributed by atoms with Crippen LogP contribution in [0.5, 0.6) is 0 Å². The number of nitrogens with two attached hydrogens (primary N) is 1. The number of para-hydroxylation sites is 1. The van der Waals surface area contributed by atoms with Crippen LogP contribution in [0.4, 0.5) is 5.69 Å². The molecule has 2 aliphatic heterocycles. The Morgan fingerprint density at radius 1 is 1.30 bits per heavy atom. The number of rotatable bonds is 2. The summed E-state index contributed by atoms with van der Waals surface area (Å²) in [6.07, 6.45) is 1.84. The fourth-order valence-electron chi connectivity index (χ4n) is 3.06. The summed E-state index contributed by atoms with van der Waals surface area (Å²) in [4.78, 5) is 27.8. The Labute approximate surface area is 118 Å². The summed E-state index contributed by atoms with van der Waals surface area (Å²) in [5.41, 5.74) is 7.42. The third kappa shape index (κ3) is 2.35. The molecule has 0 spiro atoms. The SMILES string of the molecule is Nc1ccccc1CC(=O)N1CCN2C(=O)CCC2C1. The predicted molar refractivity (Wildman–Crippen MR) is 75.9 cm³/mol. The fourth-order valence-corrected chi connectivity index (χ4v) is 3.06. The molecular weight excluding hydrogens is 254 g/mol. The van der Waals surface area contributed by atoms with Gasteiger partial charge >= 0.3 is 0 Å². The van der Waals surface area contributed by atoms with E-state index in [1.807, 2.05) is 34.1 Å². The number of piperazine rings is 1. The lowest BCUT2D eigenvalue weighted by Gasteiger charge is -2.37. The molecule has 1 unspecified atom stereocenters. The highest BCUT2D eigenvalue weighted by atomic mass is 16.2. The number of hydrogen-bond donors (Lipinski definition) is 1. The highest BCUT2D eigenvalue weighted by molar-refractivity contribution is 5.82. The Morgan fingerprint density at radius 2 is 2.10 bits per heavy atom. The molecule has 0 radical (unpaired) electrons. The van der Waals surface area contributed by atoms with E-state index in [2.05, 4.69) is 0 Å². The van der Waals surface area contributed by atoms with Gasteiger partial charge in [0.25, 0.3) is 0 Å². The van der Waals surface area contributed by atoms with Crippen LogP contribution in [0, 0.1) is 0 Å². The summed E-state index contributed by atoms with van der Waals surface area (Å²) in [7, 11) is 0. The summed E-state index contributed by atoms with van der Waals surface area (Å²) >= 11 is 0. The molecule has 5 nitrogen and oxygen atoms in total. The number of nitrogen functional groups attached to an aromatic ring is 1. The summed E-state index contributed by atoms with van der Waals surface area (Å²) < 4.78 is 0. The van der Waals surface area contributed by atoms with E-state index < -0.39 is 0 Å². The first-order chi connectivity index (χ1) is 9.65. The number of fused-ring (bicyclic) bond motifs is 1. The van der Waals surface area contributed by atoms with E-state index in [9.17, 15) is 9.59 Å². The first kappa shape index (κ1) is 13.0. The molecule has 2 fully saturated rings. The zero-order chi connectivity index (χ0) is 14.1. The molecule has 20 heavy (non-hydrogen) atoms. The number of hydrogen-bond acceptors (Lipinski definition) is 3. The lowest BCUT2D eigenvalue weighted by Crippen LogP contribution is -2.53. The third-order valence-electron chi connectivity index (χ3n) is 4.24. The average molecular weight is 273 g/mol. The summed E-state index contributed by atoms with van der Waals surface area (Å²) in [5.74, 6) is 0.330. The fraction of sp³-hybridized carbons (Fsp3) is 0.467. The van der Waals surface area contributed by atoms with Crippen molar-refractivity contribution in [2.45, 2.75) is 25.3 Å². The molecule has 1 atom stereocenters. The van der Waals surface area contributed by atoms with Gasteiger partial charge < -0.3 is 15.5 Å². The number of benzene rings is 1. The maximum atomic E-state index is 12.4. The molecule has 0 saturated carbocycles. The molecule has 1 aromatic carbocycles. The Kier molecular flexibility index (Phi) is 3.34. The number of carbonyl (C=O) groups excluding carboxylic acids is 2. The second-order valence-corrected chi connectivity index (χ2v) is 5.49. The van der Waals surface area contributed by atoms with Crippen LogP contribution in [-0.4, -0.2) is 47.3 Å². The van der Waals surface area contributed by atoms with E-state index in [4.69, 9.17) is 5.73 Å². The van der Waals surface area contributed by atoms with E-state index in [1.165, 1.54) is 0 Å². The van der Waals surface area contributed by atoms with Crippen LogP contribution in [0.2, 0.25) is 0 Å². The Balaban J connectivity index is 1.64. The van der Waals surface area contributed by atoms with Crippen LogP contribution in [0.25, 0.3) is 0 Å². The summed E-state index contributed by atoms with van der Waals surface area (Å²) in [6, 6.07) is 7.69. The third-order valence-corrected chi connectivity index (χ3v) is 4.24. The zero-order valence-electron chi connectivity index (χ0n) is 11.4.